The number of halogens is 1. The van der Waals surface area contributed by atoms with Crippen LogP contribution in [-0.4, -0.2) is 52.5 Å². The Labute approximate surface area is 200 Å². The molecule has 4 rings (SSSR count). The molecule has 1 amide bonds. The summed E-state index contributed by atoms with van der Waals surface area (Å²) < 4.78 is 0. The van der Waals surface area contributed by atoms with Crippen molar-refractivity contribution in [3.05, 3.63) is 52.4 Å². The molecule has 1 aromatic heterocycles. The molecule has 0 aliphatic carbocycles. The summed E-state index contributed by atoms with van der Waals surface area (Å²) in [5, 5.41) is 1.08. The predicted octanol–water partition coefficient (Wildman–Crippen LogP) is 4.63. The lowest BCUT2D eigenvalue weighted by atomic mass is 9.85. The van der Waals surface area contributed by atoms with Crippen LogP contribution in [0.25, 0.3) is 0 Å². The van der Waals surface area contributed by atoms with Gasteiger partial charge in [-0.05, 0) is 44.9 Å². The number of benzene rings is 1. The molecule has 174 valence electrons. The molecule has 2 atom stereocenters. The second-order valence-electron chi connectivity index (χ2n) is 9.12. The normalized spacial score (nSPS) is 19.3. The SMILES string of the molecule is C.C[C@@H]1SCc2ncnc(N3CCN(C(=O)C(CC(C)(C)N)c4ccc(Cl)cc4)CC3)c21. The average molecular weight is 476 g/mol. The third-order valence-corrected chi connectivity index (χ3v) is 7.44. The summed E-state index contributed by atoms with van der Waals surface area (Å²) in [6, 6.07) is 7.56. The predicted molar refractivity (Wildman–Crippen MR) is 134 cm³/mol. The van der Waals surface area contributed by atoms with Gasteiger partial charge in [0.2, 0.25) is 5.91 Å². The number of anilines is 1. The van der Waals surface area contributed by atoms with Crippen molar-refractivity contribution < 1.29 is 4.79 Å². The first-order valence-corrected chi connectivity index (χ1v) is 12.2. The second kappa shape index (κ2) is 9.98. The number of carbonyl (C=O) groups excluding carboxylic acids is 1. The first-order valence-electron chi connectivity index (χ1n) is 10.8. The van der Waals surface area contributed by atoms with Gasteiger partial charge in [-0.15, -0.1) is 11.8 Å². The lowest BCUT2D eigenvalue weighted by Gasteiger charge is -2.38. The lowest BCUT2D eigenvalue weighted by molar-refractivity contribution is -0.133. The van der Waals surface area contributed by atoms with Gasteiger partial charge in [-0.25, -0.2) is 9.97 Å². The van der Waals surface area contributed by atoms with Gasteiger partial charge in [0.25, 0.3) is 0 Å². The van der Waals surface area contributed by atoms with E-state index < -0.39 is 5.54 Å². The molecule has 0 radical (unpaired) electrons. The molecule has 2 aliphatic rings. The van der Waals surface area contributed by atoms with E-state index in [1.807, 2.05) is 54.8 Å². The Bertz CT molecular complexity index is 938. The molecule has 2 N–H and O–H groups in total. The highest BCUT2D eigenvalue weighted by atomic mass is 35.5. The minimum Gasteiger partial charge on any atom is -0.353 e. The first kappa shape index (κ1) is 24.8. The van der Waals surface area contributed by atoms with E-state index in [0.717, 1.165) is 35.9 Å². The number of carbonyl (C=O) groups is 1. The minimum atomic E-state index is -0.447. The summed E-state index contributed by atoms with van der Waals surface area (Å²) in [5.74, 6) is 1.84. The molecule has 1 aromatic carbocycles. The number of fused-ring (bicyclic) bond motifs is 1. The quantitative estimate of drug-likeness (QED) is 0.679. The Morgan fingerprint density at radius 3 is 2.50 bits per heavy atom. The van der Waals surface area contributed by atoms with E-state index in [1.165, 1.54) is 5.56 Å². The van der Waals surface area contributed by atoms with Crippen LogP contribution in [0.5, 0.6) is 0 Å². The van der Waals surface area contributed by atoms with Crippen LogP contribution in [0.3, 0.4) is 0 Å². The average Bonchev–Trinajstić information content (AvgIpc) is 3.13. The fraction of sp³-hybridized carbons (Fsp3) is 0.542. The number of hydrogen-bond acceptors (Lipinski definition) is 6. The molecule has 32 heavy (non-hydrogen) atoms. The van der Waals surface area contributed by atoms with Crippen molar-refractivity contribution in [1.29, 1.82) is 0 Å². The molecule has 1 fully saturated rings. The van der Waals surface area contributed by atoms with Gasteiger partial charge in [0.15, 0.2) is 0 Å². The zero-order valence-corrected chi connectivity index (χ0v) is 19.9. The summed E-state index contributed by atoms with van der Waals surface area (Å²) in [4.78, 5) is 26.9. The number of nitrogens with zero attached hydrogens (tertiary/aromatic N) is 4. The first-order chi connectivity index (χ1) is 14.7. The minimum absolute atomic E-state index is 0. The molecule has 1 saturated heterocycles. The Balaban J connectivity index is 0.00000289. The number of amides is 1. The van der Waals surface area contributed by atoms with Crippen molar-refractivity contribution in [1.82, 2.24) is 14.9 Å². The third kappa shape index (κ3) is 5.38. The van der Waals surface area contributed by atoms with Gasteiger partial charge >= 0.3 is 0 Å². The van der Waals surface area contributed by atoms with Crippen molar-refractivity contribution in [2.45, 2.75) is 57.1 Å². The maximum atomic E-state index is 13.5. The number of nitrogens with two attached hydrogens (primary N) is 1. The molecular formula is C24H34ClN5OS. The third-order valence-electron chi connectivity index (χ3n) is 6.01. The van der Waals surface area contributed by atoms with Gasteiger partial charge in [0.1, 0.15) is 12.1 Å². The number of rotatable bonds is 5. The Morgan fingerprint density at radius 2 is 1.88 bits per heavy atom. The molecule has 8 heteroatoms. The van der Waals surface area contributed by atoms with Gasteiger partial charge in [0.05, 0.1) is 11.6 Å². The van der Waals surface area contributed by atoms with Crippen molar-refractivity contribution in [3.63, 3.8) is 0 Å². The summed E-state index contributed by atoms with van der Waals surface area (Å²) in [5.41, 5.74) is 9.24. The van der Waals surface area contributed by atoms with Crippen molar-refractivity contribution in [3.8, 4) is 0 Å². The van der Waals surface area contributed by atoms with Crippen molar-refractivity contribution >= 4 is 35.1 Å². The van der Waals surface area contributed by atoms with E-state index in [9.17, 15) is 4.79 Å². The Kier molecular flexibility index (Phi) is 7.73. The van der Waals surface area contributed by atoms with Gasteiger partial charge < -0.3 is 15.5 Å². The van der Waals surface area contributed by atoms with Crippen molar-refractivity contribution in [2.24, 2.45) is 5.73 Å². The van der Waals surface area contributed by atoms with E-state index in [-0.39, 0.29) is 19.3 Å². The Hall–Kier alpha value is -1.83. The summed E-state index contributed by atoms with van der Waals surface area (Å²) in [6.07, 6.45) is 2.26. The lowest BCUT2D eigenvalue weighted by Crippen LogP contribution is -2.51. The van der Waals surface area contributed by atoms with Crippen LogP contribution in [-0.2, 0) is 10.5 Å². The van der Waals surface area contributed by atoms with Gasteiger partial charge in [-0.2, -0.15) is 0 Å². The fourth-order valence-electron chi connectivity index (χ4n) is 4.42. The van der Waals surface area contributed by atoms with E-state index in [4.69, 9.17) is 17.3 Å². The number of aromatic nitrogens is 2. The van der Waals surface area contributed by atoms with Crippen LogP contribution in [0.4, 0.5) is 5.82 Å². The van der Waals surface area contributed by atoms with E-state index in [1.54, 1.807) is 6.33 Å². The maximum absolute atomic E-state index is 13.5. The van der Waals surface area contributed by atoms with Gasteiger partial charge in [0, 0.05) is 53.3 Å². The molecule has 2 aliphatic heterocycles. The smallest absolute Gasteiger partial charge is 0.230 e. The fourth-order valence-corrected chi connectivity index (χ4v) is 5.59. The number of thioether (sulfide) groups is 1. The molecular weight excluding hydrogens is 442 g/mol. The summed E-state index contributed by atoms with van der Waals surface area (Å²) in [7, 11) is 0. The molecule has 6 nitrogen and oxygen atoms in total. The Morgan fingerprint density at radius 1 is 1.22 bits per heavy atom. The number of hydrogen-bond donors (Lipinski definition) is 1. The molecule has 0 bridgehead atoms. The molecule has 0 saturated carbocycles. The van der Waals surface area contributed by atoms with E-state index in [2.05, 4.69) is 21.8 Å². The molecule has 2 aromatic rings. The van der Waals surface area contributed by atoms with Crippen LogP contribution >= 0.6 is 23.4 Å². The highest BCUT2D eigenvalue weighted by molar-refractivity contribution is 7.99. The largest absolute Gasteiger partial charge is 0.353 e. The second-order valence-corrected chi connectivity index (χ2v) is 10.9. The van der Waals surface area contributed by atoms with Gasteiger partial charge in [-0.1, -0.05) is 31.2 Å². The van der Waals surface area contributed by atoms with Crippen LogP contribution in [0.15, 0.2) is 30.6 Å². The maximum Gasteiger partial charge on any atom is 0.230 e. The van der Waals surface area contributed by atoms with Crippen LogP contribution in [0.1, 0.15) is 62.6 Å². The summed E-state index contributed by atoms with van der Waals surface area (Å²) in [6.45, 7) is 9.04. The molecule has 3 heterocycles. The highest BCUT2D eigenvalue weighted by Crippen LogP contribution is 2.44. The molecule has 1 unspecified atom stereocenters. The zero-order valence-electron chi connectivity index (χ0n) is 18.3. The zero-order chi connectivity index (χ0) is 22.2. The highest BCUT2D eigenvalue weighted by Gasteiger charge is 2.34. The molecule has 0 spiro atoms. The standard InChI is InChI=1S/C23H30ClN5OS.CH4/c1-15-20-19(13-31-15)26-14-27-21(20)28-8-10-29(11-9-28)22(30)18(12-23(2,3)25)16-4-6-17(24)7-5-16;/h4-7,14-15,18H,8-13,25H2,1-3H3;1H4/t15-,18?;/m0./s1. The number of piperazine rings is 1. The summed E-state index contributed by atoms with van der Waals surface area (Å²) >= 11 is 7.97. The van der Waals surface area contributed by atoms with Crippen LogP contribution in [0, 0.1) is 0 Å². The van der Waals surface area contributed by atoms with Gasteiger partial charge in [-0.3, -0.25) is 4.79 Å². The van der Waals surface area contributed by atoms with Crippen molar-refractivity contribution in [2.75, 3.05) is 31.1 Å². The van der Waals surface area contributed by atoms with E-state index >= 15 is 0 Å². The van der Waals surface area contributed by atoms with E-state index in [0.29, 0.717) is 29.8 Å². The van der Waals surface area contributed by atoms with Crippen LogP contribution in [0.2, 0.25) is 5.02 Å². The topological polar surface area (TPSA) is 75.4 Å². The monoisotopic (exact) mass is 475 g/mol. The van der Waals surface area contributed by atoms with Crippen LogP contribution < -0.4 is 10.6 Å².